The highest BCUT2D eigenvalue weighted by atomic mass is 16.5. The average molecular weight is 212 g/mol. The van der Waals surface area contributed by atoms with Gasteiger partial charge in [-0.05, 0) is 19.8 Å². The van der Waals surface area contributed by atoms with Crippen LogP contribution in [0.4, 0.5) is 0 Å². The van der Waals surface area contributed by atoms with E-state index in [2.05, 4.69) is 5.32 Å². The Kier molecular flexibility index (Phi) is 2.98. The molecule has 0 radical (unpaired) electrons. The van der Waals surface area contributed by atoms with Crippen molar-refractivity contribution in [2.24, 2.45) is 5.92 Å². The lowest BCUT2D eigenvalue weighted by molar-refractivity contribution is -0.132. The number of nitrogens with one attached hydrogen (secondary N) is 1. The quantitative estimate of drug-likeness (QED) is 0.744. The van der Waals surface area contributed by atoms with Crippen molar-refractivity contribution >= 4 is 5.91 Å². The molecular formula is C11H20N2O2. The number of ether oxygens (including phenoxy) is 1. The first-order valence-corrected chi connectivity index (χ1v) is 5.78. The molecule has 2 heterocycles. The van der Waals surface area contributed by atoms with Gasteiger partial charge in [-0.3, -0.25) is 10.1 Å². The van der Waals surface area contributed by atoms with Crippen molar-refractivity contribution in [3.8, 4) is 0 Å². The number of hydrogen-bond acceptors (Lipinski definition) is 3. The molecule has 2 rings (SSSR count). The molecule has 2 unspecified atom stereocenters. The van der Waals surface area contributed by atoms with E-state index in [9.17, 15) is 4.79 Å². The summed E-state index contributed by atoms with van der Waals surface area (Å²) >= 11 is 0. The first kappa shape index (κ1) is 10.9. The third-order valence-corrected chi connectivity index (χ3v) is 3.63. The number of carbonyl (C=O) groups is 1. The van der Waals surface area contributed by atoms with Gasteiger partial charge < -0.3 is 9.64 Å². The van der Waals surface area contributed by atoms with Crippen LogP contribution in [0.15, 0.2) is 0 Å². The van der Waals surface area contributed by atoms with Crippen LogP contribution >= 0.6 is 0 Å². The fourth-order valence-corrected chi connectivity index (χ4v) is 2.23. The molecule has 2 saturated heterocycles. The second kappa shape index (κ2) is 4.10. The monoisotopic (exact) mass is 212 g/mol. The second-order valence-electron chi connectivity index (χ2n) is 4.78. The summed E-state index contributed by atoms with van der Waals surface area (Å²) in [6, 6.07) is 0. The van der Waals surface area contributed by atoms with Crippen LogP contribution in [-0.4, -0.2) is 42.8 Å². The smallest absolute Gasteiger partial charge is 0.243 e. The van der Waals surface area contributed by atoms with Crippen LogP contribution in [0.5, 0.6) is 0 Å². The molecule has 4 heteroatoms. The Hall–Kier alpha value is -0.610. The number of hydrogen-bond donors (Lipinski definition) is 1. The maximum Gasteiger partial charge on any atom is 0.243 e. The van der Waals surface area contributed by atoms with Crippen LogP contribution in [0.3, 0.4) is 0 Å². The molecule has 0 aliphatic carbocycles. The molecule has 2 fully saturated rings. The Morgan fingerprint density at radius 2 is 2.47 bits per heavy atom. The molecule has 2 aliphatic heterocycles. The Labute approximate surface area is 91.0 Å². The van der Waals surface area contributed by atoms with Crippen molar-refractivity contribution in [3.63, 3.8) is 0 Å². The maximum atomic E-state index is 12.1. The highest BCUT2D eigenvalue weighted by molar-refractivity contribution is 5.87. The van der Waals surface area contributed by atoms with Gasteiger partial charge in [0.05, 0.1) is 18.8 Å². The molecule has 0 spiro atoms. The zero-order valence-corrected chi connectivity index (χ0v) is 9.58. The topological polar surface area (TPSA) is 41.6 Å². The van der Waals surface area contributed by atoms with Gasteiger partial charge in [-0.1, -0.05) is 6.92 Å². The SMILES string of the molecule is CCC1(C)NCN(CC2CCOC2)C1=O. The Morgan fingerprint density at radius 1 is 1.67 bits per heavy atom. The van der Waals surface area contributed by atoms with Gasteiger partial charge in [-0.2, -0.15) is 0 Å². The van der Waals surface area contributed by atoms with Crippen molar-refractivity contribution < 1.29 is 9.53 Å². The van der Waals surface area contributed by atoms with Crippen molar-refractivity contribution in [3.05, 3.63) is 0 Å². The van der Waals surface area contributed by atoms with Crippen LogP contribution in [-0.2, 0) is 9.53 Å². The van der Waals surface area contributed by atoms with Crippen molar-refractivity contribution in [2.45, 2.75) is 32.2 Å². The van der Waals surface area contributed by atoms with Crippen LogP contribution in [0, 0.1) is 5.92 Å². The molecule has 0 bridgehead atoms. The maximum absolute atomic E-state index is 12.1. The number of rotatable bonds is 3. The van der Waals surface area contributed by atoms with Crippen molar-refractivity contribution in [2.75, 3.05) is 26.4 Å². The van der Waals surface area contributed by atoms with Crippen LogP contribution in [0.1, 0.15) is 26.7 Å². The molecule has 4 nitrogen and oxygen atoms in total. The Morgan fingerprint density at radius 3 is 3.00 bits per heavy atom. The summed E-state index contributed by atoms with van der Waals surface area (Å²) in [4.78, 5) is 14.0. The third-order valence-electron chi connectivity index (χ3n) is 3.63. The zero-order valence-electron chi connectivity index (χ0n) is 9.58. The summed E-state index contributed by atoms with van der Waals surface area (Å²) in [7, 11) is 0. The van der Waals surface area contributed by atoms with Gasteiger partial charge in [0.15, 0.2) is 0 Å². The van der Waals surface area contributed by atoms with Gasteiger partial charge >= 0.3 is 0 Å². The number of nitrogens with zero attached hydrogens (tertiary/aromatic N) is 1. The summed E-state index contributed by atoms with van der Waals surface area (Å²) in [5.41, 5.74) is -0.334. The molecule has 0 aromatic rings. The normalized spacial score (nSPS) is 36.5. The molecule has 0 saturated carbocycles. The molecule has 86 valence electrons. The van der Waals surface area contributed by atoms with Gasteiger partial charge in [0.2, 0.25) is 5.91 Å². The minimum atomic E-state index is -0.334. The van der Waals surface area contributed by atoms with E-state index in [0.717, 1.165) is 32.6 Å². The molecule has 0 aromatic heterocycles. The molecule has 15 heavy (non-hydrogen) atoms. The Bertz CT molecular complexity index is 251. The summed E-state index contributed by atoms with van der Waals surface area (Å²) in [6.45, 7) is 7.24. The summed E-state index contributed by atoms with van der Waals surface area (Å²) < 4.78 is 5.32. The first-order valence-electron chi connectivity index (χ1n) is 5.78. The molecule has 0 aromatic carbocycles. The third kappa shape index (κ3) is 2.01. The highest BCUT2D eigenvalue weighted by Crippen LogP contribution is 2.22. The van der Waals surface area contributed by atoms with E-state index in [1.807, 2.05) is 18.7 Å². The van der Waals surface area contributed by atoms with E-state index in [0.29, 0.717) is 12.6 Å². The average Bonchev–Trinajstić information content (AvgIpc) is 2.83. The highest BCUT2D eigenvalue weighted by Gasteiger charge is 2.41. The predicted molar refractivity (Wildman–Crippen MR) is 57.3 cm³/mol. The van der Waals surface area contributed by atoms with Crippen molar-refractivity contribution in [1.29, 1.82) is 0 Å². The minimum Gasteiger partial charge on any atom is -0.381 e. The van der Waals surface area contributed by atoms with E-state index in [4.69, 9.17) is 4.74 Å². The van der Waals surface area contributed by atoms with Gasteiger partial charge in [0, 0.05) is 19.1 Å². The Balaban J connectivity index is 1.92. The standard InChI is InChI=1S/C11H20N2O2/c1-3-11(2)10(14)13(8-12-11)6-9-4-5-15-7-9/h9,12H,3-8H2,1-2H3. The van der Waals surface area contributed by atoms with E-state index in [-0.39, 0.29) is 11.4 Å². The largest absolute Gasteiger partial charge is 0.381 e. The van der Waals surface area contributed by atoms with Crippen LogP contribution in [0.25, 0.3) is 0 Å². The van der Waals surface area contributed by atoms with E-state index in [1.165, 1.54) is 0 Å². The lowest BCUT2D eigenvalue weighted by Gasteiger charge is -2.22. The zero-order chi connectivity index (χ0) is 10.9. The first-order chi connectivity index (χ1) is 7.15. The molecule has 2 aliphatic rings. The van der Waals surface area contributed by atoms with Gasteiger partial charge in [-0.25, -0.2) is 0 Å². The van der Waals surface area contributed by atoms with E-state index >= 15 is 0 Å². The molecule has 1 N–H and O–H groups in total. The van der Waals surface area contributed by atoms with Crippen molar-refractivity contribution in [1.82, 2.24) is 10.2 Å². The summed E-state index contributed by atoms with van der Waals surface area (Å²) in [5.74, 6) is 0.784. The van der Waals surface area contributed by atoms with Gasteiger partial charge in [0.1, 0.15) is 0 Å². The van der Waals surface area contributed by atoms with Crippen LogP contribution in [0.2, 0.25) is 0 Å². The second-order valence-corrected chi connectivity index (χ2v) is 4.78. The lowest BCUT2D eigenvalue weighted by atomic mass is 9.99. The molecule has 1 amide bonds. The van der Waals surface area contributed by atoms with Gasteiger partial charge in [-0.15, -0.1) is 0 Å². The fraction of sp³-hybridized carbons (Fsp3) is 0.909. The number of amides is 1. The van der Waals surface area contributed by atoms with Crippen LogP contribution < -0.4 is 5.32 Å². The lowest BCUT2D eigenvalue weighted by Crippen LogP contribution is -2.43. The minimum absolute atomic E-state index is 0.247. The molecular weight excluding hydrogens is 192 g/mol. The summed E-state index contributed by atoms with van der Waals surface area (Å²) in [5, 5.41) is 3.29. The fourth-order valence-electron chi connectivity index (χ4n) is 2.23. The van der Waals surface area contributed by atoms with E-state index < -0.39 is 0 Å². The van der Waals surface area contributed by atoms with Gasteiger partial charge in [0.25, 0.3) is 0 Å². The van der Waals surface area contributed by atoms with E-state index in [1.54, 1.807) is 0 Å². The summed E-state index contributed by atoms with van der Waals surface area (Å²) in [6.07, 6.45) is 1.94. The predicted octanol–water partition coefficient (Wildman–Crippen LogP) is 0.581. The molecule has 2 atom stereocenters. The number of carbonyl (C=O) groups excluding carboxylic acids is 1.